The van der Waals surface area contributed by atoms with E-state index in [1.54, 1.807) is 18.2 Å². The van der Waals surface area contributed by atoms with Crippen LogP contribution in [0.3, 0.4) is 0 Å². The van der Waals surface area contributed by atoms with Gasteiger partial charge in [-0.3, -0.25) is 9.22 Å². The third-order valence-electron chi connectivity index (χ3n) is 4.30. The molecule has 3 rings (SSSR count). The largest absolute Gasteiger partial charge is 1.00 e. The Morgan fingerprint density at radius 2 is 1.60 bits per heavy atom. The minimum atomic E-state index is -4.80. The standard InChI is InChI=1S/C18H17N3O9S3.2Na.H2/c19-18-15-4-2-1-3-14(15)17(33(25,26)27)11-16(18)21-20-12-5-7-13(8-6-12)32(23,24)10-9-28-31-30-29-22;;;/h1-8,11,22H,9-10,19H2,(H,25,26,27);;;1H/q;2*+1;/p-2. The van der Waals surface area contributed by atoms with Crippen LogP contribution in [0.1, 0.15) is 1.43 Å². The van der Waals surface area contributed by atoms with Crippen molar-refractivity contribution in [2.24, 2.45) is 10.2 Å². The summed E-state index contributed by atoms with van der Waals surface area (Å²) < 4.78 is 68.1. The minimum absolute atomic E-state index is 0. The van der Waals surface area contributed by atoms with E-state index >= 15 is 0 Å². The van der Waals surface area contributed by atoms with Gasteiger partial charge < -0.3 is 15.5 Å². The third kappa shape index (κ3) is 8.72. The number of rotatable bonds is 10. The molecule has 2 N–H and O–H groups in total. The SMILES string of the molecule is Nc1c(N=Nc2ccc(S(=O)(=O)CCOSOO[O-])cc2)cc(S(=O)(=O)[O-])c2ccccc12.[HH].[Na+].[Na+]. The molecule has 0 aliphatic heterocycles. The van der Waals surface area contributed by atoms with Crippen molar-refractivity contribution >= 4 is 60.1 Å². The molecule has 0 bridgehead atoms. The molecule has 0 fully saturated rings. The Kier molecular flexibility index (Phi) is 13.3. The summed E-state index contributed by atoms with van der Waals surface area (Å²) in [6.07, 6.45) is 0. The van der Waals surface area contributed by atoms with Gasteiger partial charge in [-0.05, 0) is 30.3 Å². The number of hydrogen-bond acceptors (Lipinski definition) is 13. The number of azo groups is 1. The Morgan fingerprint density at radius 1 is 0.971 bits per heavy atom. The van der Waals surface area contributed by atoms with Crippen molar-refractivity contribution in [1.29, 1.82) is 0 Å². The average molecular weight is 562 g/mol. The van der Waals surface area contributed by atoms with Gasteiger partial charge in [-0.15, -0.1) is 9.45 Å². The van der Waals surface area contributed by atoms with Crippen molar-refractivity contribution < 1.29 is 101 Å². The van der Waals surface area contributed by atoms with Crippen molar-refractivity contribution in [2.75, 3.05) is 18.1 Å². The Hall–Kier alpha value is -0.630. The van der Waals surface area contributed by atoms with Crippen LogP contribution in [0, 0.1) is 0 Å². The average Bonchev–Trinajstić information content (AvgIpc) is 2.78. The normalized spacial score (nSPS) is 11.8. The number of nitrogens with zero attached hydrogens (tertiary/aromatic N) is 2. The van der Waals surface area contributed by atoms with E-state index in [1.165, 1.54) is 30.3 Å². The van der Waals surface area contributed by atoms with Crippen LogP contribution >= 0.6 is 12.3 Å². The fraction of sp³-hybridized carbons (Fsp3) is 0.111. The molecule has 3 aromatic rings. The van der Waals surface area contributed by atoms with Gasteiger partial charge in [-0.2, -0.15) is 5.11 Å². The van der Waals surface area contributed by atoms with Crippen molar-refractivity contribution in [3.63, 3.8) is 0 Å². The summed E-state index contributed by atoms with van der Waals surface area (Å²) in [5.74, 6) is -0.386. The van der Waals surface area contributed by atoms with Crippen LogP contribution in [0.4, 0.5) is 17.1 Å². The Balaban J connectivity index is 0.00000408. The number of nitrogens with two attached hydrogens (primary N) is 1. The predicted molar refractivity (Wildman–Crippen MR) is 117 cm³/mol. The Labute approximate surface area is 251 Å². The van der Waals surface area contributed by atoms with E-state index in [0.717, 1.165) is 6.07 Å². The van der Waals surface area contributed by atoms with Crippen LogP contribution in [0.5, 0.6) is 0 Å². The molecule has 0 radical (unpaired) electrons. The van der Waals surface area contributed by atoms with Gasteiger partial charge in [0.05, 0.1) is 33.5 Å². The summed E-state index contributed by atoms with van der Waals surface area (Å²) in [4.78, 5) is -0.490. The third-order valence-corrected chi connectivity index (χ3v) is 7.25. The molecule has 178 valence electrons. The molecule has 0 spiro atoms. The molecule has 0 heterocycles. The van der Waals surface area contributed by atoms with Gasteiger partial charge in [0.25, 0.3) is 0 Å². The molecule has 0 saturated heterocycles. The van der Waals surface area contributed by atoms with Gasteiger partial charge in [0.1, 0.15) is 15.8 Å². The first-order chi connectivity index (χ1) is 15.6. The van der Waals surface area contributed by atoms with E-state index in [1.807, 2.05) is 0 Å². The van der Waals surface area contributed by atoms with Crippen LogP contribution in [0.25, 0.3) is 10.8 Å². The van der Waals surface area contributed by atoms with Gasteiger partial charge in [-0.1, -0.05) is 24.3 Å². The maximum atomic E-state index is 12.3. The van der Waals surface area contributed by atoms with Gasteiger partial charge in [-0.25, -0.2) is 16.8 Å². The predicted octanol–water partition coefficient (Wildman–Crippen LogP) is -3.43. The van der Waals surface area contributed by atoms with E-state index in [9.17, 15) is 26.6 Å². The molecule has 0 aromatic heterocycles. The van der Waals surface area contributed by atoms with Crippen LogP contribution in [-0.2, 0) is 33.5 Å². The fourth-order valence-corrected chi connectivity index (χ4v) is 4.91. The van der Waals surface area contributed by atoms with Crippen molar-refractivity contribution in [2.45, 2.75) is 9.79 Å². The monoisotopic (exact) mass is 561 g/mol. The molecule has 17 heteroatoms. The molecule has 35 heavy (non-hydrogen) atoms. The summed E-state index contributed by atoms with van der Waals surface area (Å²) in [6, 6.07) is 12.6. The molecule has 0 amide bonds. The molecule has 3 aromatic carbocycles. The van der Waals surface area contributed by atoms with Crippen LogP contribution in [0.2, 0.25) is 0 Å². The molecule has 12 nitrogen and oxygen atoms in total. The van der Waals surface area contributed by atoms with E-state index in [2.05, 4.69) is 19.6 Å². The number of sulfone groups is 1. The Bertz CT molecular complexity index is 1390. The minimum Gasteiger partial charge on any atom is -0.744 e. The maximum Gasteiger partial charge on any atom is 1.00 e. The topological polar surface area (TPSA) is 193 Å². The van der Waals surface area contributed by atoms with Crippen LogP contribution in [-0.4, -0.2) is 33.7 Å². The Morgan fingerprint density at radius 3 is 2.20 bits per heavy atom. The summed E-state index contributed by atoms with van der Waals surface area (Å²) in [7, 11) is -8.49. The zero-order valence-corrected chi connectivity index (χ0v) is 24.9. The second-order valence-electron chi connectivity index (χ2n) is 6.35. The van der Waals surface area contributed by atoms with E-state index in [0.29, 0.717) is 5.39 Å². The van der Waals surface area contributed by atoms with Gasteiger partial charge >= 0.3 is 59.1 Å². The zero-order chi connectivity index (χ0) is 24.1. The number of anilines is 1. The summed E-state index contributed by atoms with van der Waals surface area (Å²) in [6.45, 7) is -0.260. The molecule has 0 saturated carbocycles. The number of hydrogen-bond donors (Lipinski definition) is 1. The fourth-order valence-electron chi connectivity index (χ4n) is 2.80. The zero-order valence-electron chi connectivity index (χ0n) is 18.5. The quantitative estimate of drug-likeness (QED) is 0.0379. The number of fused-ring (bicyclic) bond motifs is 1. The van der Waals surface area contributed by atoms with Gasteiger partial charge in [0.15, 0.2) is 22.2 Å². The second kappa shape index (κ2) is 14.3. The molecule has 0 atom stereocenters. The van der Waals surface area contributed by atoms with Crippen LogP contribution < -0.4 is 70.1 Å². The summed E-state index contributed by atoms with van der Waals surface area (Å²) >= 11 is 0.206. The van der Waals surface area contributed by atoms with Crippen LogP contribution in [0.15, 0.2) is 74.6 Å². The van der Waals surface area contributed by atoms with Gasteiger partial charge in [0.2, 0.25) is 0 Å². The maximum absolute atomic E-state index is 12.3. The smallest absolute Gasteiger partial charge is 0.744 e. The molecular weight excluding hydrogens is 544 g/mol. The van der Waals surface area contributed by atoms with Gasteiger partial charge in [0, 0.05) is 12.2 Å². The first kappa shape index (κ1) is 32.4. The van der Waals surface area contributed by atoms with Crippen molar-refractivity contribution in [3.05, 3.63) is 54.6 Å². The molecular formula is C18H17N3Na2O9S3. The van der Waals surface area contributed by atoms with E-state index in [4.69, 9.17) is 9.92 Å². The molecule has 0 aliphatic carbocycles. The second-order valence-corrected chi connectivity index (χ2v) is 10.3. The first-order valence-electron chi connectivity index (χ1n) is 8.90. The van der Waals surface area contributed by atoms with Crippen molar-refractivity contribution in [3.8, 4) is 0 Å². The van der Waals surface area contributed by atoms with Crippen molar-refractivity contribution in [1.82, 2.24) is 0 Å². The number of nitrogen functional groups attached to an aromatic ring is 1. The van der Waals surface area contributed by atoms with E-state index < -0.39 is 24.9 Å². The summed E-state index contributed by atoms with van der Waals surface area (Å²) in [5.41, 5.74) is 6.43. The molecule has 0 unspecified atom stereocenters. The number of benzene rings is 3. The van der Waals surface area contributed by atoms with E-state index in [-0.39, 0.29) is 113 Å². The molecule has 0 aliphatic rings. The first-order valence-corrected chi connectivity index (χ1v) is 12.6. The summed E-state index contributed by atoms with van der Waals surface area (Å²) in [5, 5.41) is 21.1.